The van der Waals surface area contributed by atoms with Gasteiger partial charge in [-0.3, -0.25) is 4.79 Å². The molecule has 1 aliphatic heterocycles. The summed E-state index contributed by atoms with van der Waals surface area (Å²) >= 11 is 6.21. The van der Waals surface area contributed by atoms with Gasteiger partial charge in [0.25, 0.3) is 0 Å². The Kier molecular flexibility index (Phi) is 3.07. The summed E-state index contributed by atoms with van der Waals surface area (Å²) in [5, 5.41) is -0.166. The molecule has 0 spiro atoms. The van der Waals surface area contributed by atoms with Gasteiger partial charge in [-0.05, 0) is 19.1 Å². The van der Waals surface area contributed by atoms with Crippen molar-refractivity contribution in [2.24, 2.45) is 0 Å². The molecule has 1 unspecified atom stereocenters. The molecule has 0 amide bonds. The van der Waals surface area contributed by atoms with Gasteiger partial charge in [0.15, 0.2) is 5.78 Å². The number of carbonyl (C=O) groups excluding carboxylic acids is 1. The maximum absolute atomic E-state index is 11.9. The van der Waals surface area contributed by atoms with Crippen molar-refractivity contribution in [3.8, 4) is 0 Å². The predicted octanol–water partition coefficient (Wildman–Crippen LogP) is 2.59. The van der Waals surface area contributed by atoms with E-state index in [1.807, 2.05) is 31.2 Å². The highest BCUT2D eigenvalue weighted by atomic mass is 32.2. The number of rotatable bonds is 2. The fourth-order valence-electron chi connectivity index (χ4n) is 1.36. The SMILES string of the molecule is Cc1ccc(C(=O)C2COC(=S)S2)cc1. The van der Waals surface area contributed by atoms with Gasteiger partial charge in [0, 0.05) is 5.56 Å². The van der Waals surface area contributed by atoms with Crippen LogP contribution in [0.2, 0.25) is 0 Å². The second-order valence-corrected chi connectivity index (χ2v) is 5.20. The fourth-order valence-corrected chi connectivity index (χ4v) is 2.52. The molecule has 1 atom stereocenters. The molecule has 1 fully saturated rings. The molecule has 78 valence electrons. The third-order valence-corrected chi connectivity index (χ3v) is 3.57. The lowest BCUT2D eigenvalue weighted by molar-refractivity contribution is 0.0975. The summed E-state index contributed by atoms with van der Waals surface area (Å²) in [6, 6.07) is 7.57. The second kappa shape index (κ2) is 4.33. The molecule has 1 aromatic carbocycles. The van der Waals surface area contributed by atoms with Gasteiger partial charge in [0.2, 0.25) is 4.38 Å². The maximum Gasteiger partial charge on any atom is 0.220 e. The van der Waals surface area contributed by atoms with Crippen LogP contribution in [0.5, 0.6) is 0 Å². The van der Waals surface area contributed by atoms with E-state index < -0.39 is 0 Å². The van der Waals surface area contributed by atoms with E-state index in [9.17, 15) is 4.79 Å². The third kappa shape index (κ3) is 2.38. The molecule has 2 nitrogen and oxygen atoms in total. The Morgan fingerprint density at radius 3 is 2.67 bits per heavy atom. The molecule has 15 heavy (non-hydrogen) atoms. The number of thiocarbonyl (C=S) groups is 1. The van der Waals surface area contributed by atoms with Crippen molar-refractivity contribution in [3.63, 3.8) is 0 Å². The average Bonchev–Trinajstić information content (AvgIpc) is 2.65. The van der Waals surface area contributed by atoms with E-state index in [-0.39, 0.29) is 11.0 Å². The smallest absolute Gasteiger partial charge is 0.220 e. The van der Waals surface area contributed by atoms with E-state index in [0.717, 1.165) is 11.1 Å². The molecule has 0 bridgehead atoms. The highest BCUT2D eigenvalue weighted by Crippen LogP contribution is 2.25. The number of hydrogen-bond acceptors (Lipinski definition) is 4. The van der Waals surface area contributed by atoms with E-state index in [4.69, 9.17) is 17.0 Å². The first kappa shape index (κ1) is 10.6. The van der Waals surface area contributed by atoms with Gasteiger partial charge in [-0.2, -0.15) is 0 Å². The van der Waals surface area contributed by atoms with E-state index in [1.54, 1.807) is 0 Å². The number of thioether (sulfide) groups is 1. The Bertz CT molecular complexity index is 398. The molecular weight excluding hydrogens is 228 g/mol. The Hall–Kier alpha value is -0.870. The molecule has 1 aliphatic rings. The van der Waals surface area contributed by atoms with Crippen molar-refractivity contribution in [1.82, 2.24) is 0 Å². The van der Waals surface area contributed by atoms with Crippen molar-refractivity contribution >= 4 is 34.1 Å². The van der Waals surface area contributed by atoms with E-state index >= 15 is 0 Å². The van der Waals surface area contributed by atoms with Gasteiger partial charge in [-0.15, -0.1) is 0 Å². The number of hydrogen-bond donors (Lipinski definition) is 0. The van der Waals surface area contributed by atoms with Crippen molar-refractivity contribution in [3.05, 3.63) is 35.4 Å². The van der Waals surface area contributed by atoms with Crippen LogP contribution < -0.4 is 0 Å². The van der Waals surface area contributed by atoms with Gasteiger partial charge in [-0.1, -0.05) is 41.6 Å². The first-order valence-electron chi connectivity index (χ1n) is 4.61. The lowest BCUT2D eigenvalue weighted by atomic mass is 10.1. The van der Waals surface area contributed by atoms with Gasteiger partial charge >= 0.3 is 0 Å². The molecule has 1 aromatic rings. The largest absolute Gasteiger partial charge is 0.477 e. The normalized spacial score (nSPS) is 20.1. The molecule has 0 aliphatic carbocycles. The summed E-state index contributed by atoms with van der Waals surface area (Å²) in [5.74, 6) is 0.0971. The standard InChI is InChI=1S/C11H10O2S2/c1-7-2-4-8(5-3-7)10(12)9-6-13-11(14)15-9/h2-5,9H,6H2,1H3. The first-order valence-corrected chi connectivity index (χ1v) is 5.90. The zero-order chi connectivity index (χ0) is 10.8. The highest BCUT2D eigenvalue weighted by molar-refractivity contribution is 8.23. The molecule has 1 saturated heterocycles. The monoisotopic (exact) mass is 238 g/mol. The Balaban J connectivity index is 2.14. The van der Waals surface area contributed by atoms with E-state index in [2.05, 4.69) is 0 Å². The van der Waals surface area contributed by atoms with Crippen molar-refractivity contribution < 1.29 is 9.53 Å². The second-order valence-electron chi connectivity index (χ2n) is 3.40. The Morgan fingerprint density at radius 1 is 1.47 bits per heavy atom. The van der Waals surface area contributed by atoms with Gasteiger partial charge in [0.05, 0.1) is 0 Å². The highest BCUT2D eigenvalue weighted by Gasteiger charge is 2.29. The Labute approximate surface area is 98.0 Å². The van der Waals surface area contributed by atoms with Crippen molar-refractivity contribution in [2.75, 3.05) is 6.61 Å². The summed E-state index contributed by atoms with van der Waals surface area (Å²) in [6.45, 7) is 2.40. The molecule has 2 rings (SSSR count). The minimum Gasteiger partial charge on any atom is -0.477 e. The van der Waals surface area contributed by atoms with Crippen molar-refractivity contribution in [2.45, 2.75) is 12.2 Å². The zero-order valence-electron chi connectivity index (χ0n) is 8.23. The number of benzene rings is 1. The molecule has 0 radical (unpaired) electrons. The zero-order valence-corrected chi connectivity index (χ0v) is 9.86. The lowest BCUT2D eigenvalue weighted by Gasteiger charge is -2.04. The van der Waals surface area contributed by atoms with Gasteiger partial charge in [0.1, 0.15) is 11.9 Å². The van der Waals surface area contributed by atoms with Crippen LogP contribution in [0.4, 0.5) is 0 Å². The van der Waals surface area contributed by atoms with Gasteiger partial charge in [-0.25, -0.2) is 0 Å². The number of ketones is 1. The summed E-state index contributed by atoms with van der Waals surface area (Å²) in [5.41, 5.74) is 1.88. The van der Waals surface area contributed by atoms with Crippen LogP contribution in [0, 0.1) is 6.92 Å². The predicted molar refractivity (Wildman–Crippen MR) is 65.4 cm³/mol. The minimum atomic E-state index is -0.166. The first-order chi connectivity index (χ1) is 7.16. The molecule has 4 heteroatoms. The Morgan fingerprint density at radius 2 is 2.13 bits per heavy atom. The van der Waals surface area contributed by atoms with Crippen LogP contribution in [-0.4, -0.2) is 22.0 Å². The van der Waals surface area contributed by atoms with Crippen LogP contribution >= 0.6 is 24.0 Å². The molecule has 0 N–H and O–H groups in total. The van der Waals surface area contributed by atoms with Crippen LogP contribution in [0.1, 0.15) is 15.9 Å². The van der Waals surface area contributed by atoms with E-state index in [0.29, 0.717) is 11.0 Å². The molecule has 0 saturated carbocycles. The number of ether oxygens (including phenoxy) is 1. The quantitative estimate of drug-likeness (QED) is 0.584. The van der Waals surface area contributed by atoms with E-state index in [1.165, 1.54) is 11.8 Å². The molecule has 0 aromatic heterocycles. The maximum atomic E-state index is 11.9. The topological polar surface area (TPSA) is 26.3 Å². The average molecular weight is 238 g/mol. The minimum absolute atomic E-state index is 0.0971. The van der Waals surface area contributed by atoms with Gasteiger partial charge < -0.3 is 4.74 Å². The number of carbonyl (C=O) groups is 1. The summed E-state index contributed by atoms with van der Waals surface area (Å²) in [7, 11) is 0. The van der Waals surface area contributed by atoms with Crippen molar-refractivity contribution in [1.29, 1.82) is 0 Å². The number of aryl methyl sites for hydroxylation is 1. The van der Waals surface area contributed by atoms with Crippen LogP contribution in [0.25, 0.3) is 0 Å². The molecular formula is C11H10O2S2. The summed E-state index contributed by atoms with van der Waals surface area (Å²) < 4.78 is 5.58. The number of Topliss-reactive ketones (excluding diaryl/α,β-unsaturated/α-hetero) is 1. The third-order valence-electron chi connectivity index (χ3n) is 2.22. The van der Waals surface area contributed by atoms with Crippen LogP contribution in [-0.2, 0) is 4.74 Å². The summed E-state index contributed by atoms with van der Waals surface area (Å²) in [4.78, 5) is 11.9. The fraction of sp³-hybridized carbons (Fsp3) is 0.273. The van der Waals surface area contributed by atoms with Crippen LogP contribution in [0.3, 0.4) is 0 Å². The lowest BCUT2D eigenvalue weighted by Crippen LogP contribution is -2.17. The van der Waals surface area contributed by atoms with Crippen LogP contribution in [0.15, 0.2) is 24.3 Å². The summed E-state index contributed by atoms with van der Waals surface area (Å²) in [6.07, 6.45) is 0. The molecule has 1 heterocycles.